The van der Waals surface area contributed by atoms with Crippen LogP contribution in [0.25, 0.3) is 11.0 Å². The lowest BCUT2D eigenvalue weighted by atomic mass is 10.1. The highest BCUT2D eigenvalue weighted by Gasteiger charge is 2.12. The summed E-state index contributed by atoms with van der Waals surface area (Å²) in [5.74, 6) is -0.927. The first-order chi connectivity index (χ1) is 15.0. The molecule has 0 saturated carbocycles. The van der Waals surface area contributed by atoms with Crippen LogP contribution in [0.3, 0.4) is 0 Å². The summed E-state index contributed by atoms with van der Waals surface area (Å²) in [6.45, 7) is 4.09. The molecule has 0 aliphatic carbocycles. The number of fused-ring (bicyclic) bond motifs is 1. The van der Waals surface area contributed by atoms with Crippen molar-refractivity contribution < 1.29 is 14.3 Å². The number of hydrogen-bond donors (Lipinski definition) is 1. The summed E-state index contributed by atoms with van der Waals surface area (Å²) in [7, 11) is 0. The fraction of sp³-hybridized carbons (Fsp3) is 0.167. The standard InChI is InChI=1S/C24H22N4O3/c1-16-7-12-20(17(2)13-16)25-23(29)15-31-24(30)19-10-8-18(9-11-19)14-28-22-6-4-3-5-21(22)26-27-28/h3-13H,14-15H2,1-2H3,(H,25,29). The van der Waals surface area contributed by atoms with Crippen molar-refractivity contribution in [3.63, 3.8) is 0 Å². The number of benzene rings is 3. The number of nitrogens with zero attached hydrogens (tertiary/aromatic N) is 3. The van der Waals surface area contributed by atoms with Crippen molar-refractivity contribution in [2.75, 3.05) is 11.9 Å². The Hall–Kier alpha value is -4.00. The van der Waals surface area contributed by atoms with Gasteiger partial charge in [-0.05, 0) is 55.3 Å². The summed E-state index contributed by atoms with van der Waals surface area (Å²) in [4.78, 5) is 24.4. The Kier molecular flexibility index (Phi) is 5.75. The average molecular weight is 414 g/mol. The molecule has 31 heavy (non-hydrogen) atoms. The number of aryl methyl sites for hydroxylation is 2. The zero-order valence-corrected chi connectivity index (χ0v) is 17.3. The molecule has 0 bridgehead atoms. The number of rotatable bonds is 6. The van der Waals surface area contributed by atoms with E-state index in [0.717, 1.165) is 27.7 Å². The normalized spacial score (nSPS) is 10.8. The van der Waals surface area contributed by atoms with Crippen LogP contribution in [0, 0.1) is 13.8 Å². The van der Waals surface area contributed by atoms with Crippen molar-refractivity contribution >= 4 is 28.6 Å². The molecule has 4 aromatic rings. The Morgan fingerprint density at radius 3 is 2.55 bits per heavy atom. The average Bonchev–Trinajstić information content (AvgIpc) is 3.17. The summed E-state index contributed by atoms with van der Waals surface area (Å²) in [6, 6.07) is 20.5. The van der Waals surface area contributed by atoms with E-state index in [1.165, 1.54) is 0 Å². The number of para-hydroxylation sites is 1. The number of carbonyl (C=O) groups is 2. The Labute approximate surface area is 179 Å². The largest absolute Gasteiger partial charge is 0.452 e. The third kappa shape index (κ3) is 4.78. The quantitative estimate of drug-likeness (QED) is 0.484. The van der Waals surface area contributed by atoms with E-state index in [1.54, 1.807) is 16.8 Å². The first-order valence-corrected chi connectivity index (χ1v) is 9.91. The Bertz CT molecular complexity index is 1250. The predicted octanol–water partition coefficient (Wildman–Crippen LogP) is 3.89. The van der Waals surface area contributed by atoms with Crippen molar-refractivity contribution in [1.82, 2.24) is 15.0 Å². The minimum absolute atomic E-state index is 0.348. The second kappa shape index (κ2) is 8.79. The van der Waals surface area contributed by atoms with Crippen LogP contribution >= 0.6 is 0 Å². The van der Waals surface area contributed by atoms with Crippen LogP contribution in [0.1, 0.15) is 27.0 Å². The summed E-state index contributed by atoms with van der Waals surface area (Å²) in [6.07, 6.45) is 0. The number of hydrogen-bond acceptors (Lipinski definition) is 5. The van der Waals surface area contributed by atoms with Crippen LogP contribution in [0.2, 0.25) is 0 Å². The molecule has 156 valence electrons. The van der Waals surface area contributed by atoms with Crippen LogP contribution < -0.4 is 5.32 Å². The van der Waals surface area contributed by atoms with Gasteiger partial charge in [0.15, 0.2) is 6.61 Å². The van der Waals surface area contributed by atoms with E-state index in [0.29, 0.717) is 17.8 Å². The highest BCUT2D eigenvalue weighted by Crippen LogP contribution is 2.16. The van der Waals surface area contributed by atoms with E-state index in [-0.39, 0.29) is 12.5 Å². The lowest BCUT2D eigenvalue weighted by molar-refractivity contribution is -0.119. The van der Waals surface area contributed by atoms with Crippen molar-refractivity contribution in [2.24, 2.45) is 0 Å². The van der Waals surface area contributed by atoms with Crippen molar-refractivity contribution in [3.8, 4) is 0 Å². The molecule has 1 amide bonds. The first-order valence-electron chi connectivity index (χ1n) is 9.91. The summed E-state index contributed by atoms with van der Waals surface area (Å²) in [5.41, 5.74) is 5.91. The van der Waals surface area contributed by atoms with Gasteiger partial charge in [-0.3, -0.25) is 4.79 Å². The topological polar surface area (TPSA) is 86.1 Å². The lowest BCUT2D eigenvalue weighted by Gasteiger charge is -2.10. The number of anilines is 1. The summed E-state index contributed by atoms with van der Waals surface area (Å²) < 4.78 is 6.96. The van der Waals surface area contributed by atoms with E-state index >= 15 is 0 Å². The summed E-state index contributed by atoms with van der Waals surface area (Å²) >= 11 is 0. The van der Waals surface area contributed by atoms with E-state index in [1.807, 2.05) is 68.4 Å². The second-order valence-electron chi connectivity index (χ2n) is 7.38. The molecular formula is C24H22N4O3. The van der Waals surface area contributed by atoms with Gasteiger partial charge in [0.05, 0.1) is 17.6 Å². The number of amides is 1. The van der Waals surface area contributed by atoms with Gasteiger partial charge in [-0.25, -0.2) is 9.48 Å². The highest BCUT2D eigenvalue weighted by molar-refractivity contribution is 5.95. The fourth-order valence-electron chi connectivity index (χ4n) is 3.31. The van der Waals surface area contributed by atoms with E-state index < -0.39 is 5.97 Å². The maximum atomic E-state index is 12.3. The van der Waals surface area contributed by atoms with Gasteiger partial charge < -0.3 is 10.1 Å². The second-order valence-corrected chi connectivity index (χ2v) is 7.38. The van der Waals surface area contributed by atoms with Crippen LogP contribution in [-0.4, -0.2) is 33.5 Å². The van der Waals surface area contributed by atoms with E-state index in [9.17, 15) is 9.59 Å². The molecule has 1 N–H and O–H groups in total. The maximum Gasteiger partial charge on any atom is 0.338 e. The lowest BCUT2D eigenvalue weighted by Crippen LogP contribution is -2.21. The van der Waals surface area contributed by atoms with E-state index in [2.05, 4.69) is 15.6 Å². The van der Waals surface area contributed by atoms with Gasteiger partial charge in [-0.1, -0.05) is 47.2 Å². The molecule has 7 nitrogen and oxygen atoms in total. The molecule has 0 aliphatic rings. The maximum absolute atomic E-state index is 12.3. The Balaban J connectivity index is 1.33. The number of nitrogens with one attached hydrogen (secondary N) is 1. The molecule has 3 aromatic carbocycles. The number of aromatic nitrogens is 3. The molecule has 0 fully saturated rings. The van der Waals surface area contributed by atoms with Gasteiger partial charge >= 0.3 is 5.97 Å². The minimum Gasteiger partial charge on any atom is -0.452 e. The van der Waals surface area contributed by atoms with Crippen molar-refractivity contribution in [2.45, 2.75) is 20.4 Å². The Morgan fingerprint density at radius 1 is 1.00 bits per heavy atom. The monoisotopic (exact) mass is 414 g/mol. The van der Waals surface area contributed by atoms with Gasteiger partial charge in [0.1, 0.15) is 5.52 Å². The molecule has 0 radical (unpaired) electrons. The fourth-order valence-corrected chi connectivity index (χ4v) is 3.31. The zero-order valence-electron chi connectivity index (χ0n) is 17.3. The van der Waals surface area contributed by atoms with Crippen LogP contribution in [0.5, 0.6) is 0 Å². The van der Waals surface area contributed by atoms with Crippen molar-refractivity contribution in [1.29, 1.82) is 0 Å². The van der Waals surface area contributed by atoms with Crippen LogP contribution in [0.4, 0.5) is 5.69 Å². The number of esters is 1. The third-order valence-electron chi connectivity index (χ3n) is 4.93. The van der Waals surface area contributed by atoms with Crippen molar-refractivity contribution in [3.05, 3.63) is 89.0 Å². The molecule has 0 unspecified atom stereocenters. The van der Waals surface area contributed by atoms with Gasteiger partial charge in [-0.2, -0.15) is 0 Å². The van der Waals surface area contributed by atoms with Gasteiger partial charge in [0.25, 0.3) is 5.91 Å². The van der Waals surface area contributed by atoms with Crippen LogP contribution in [-0.2, 0) is 16.1 Å². The molecule has 0 aliphatic heterocycles. The summed E-state index contributed by atoms with van der Waals surface area (Å²) in [5, 5.41) is 11.1. The molecule has 7 heteroatoms. The molecule has 4 rings (SSSR count). The minimum atomic E-state index is -0.548. The van der Waals surface area contributed by atoms with Gasteiger partial charge in [0.2, 0.25) is 0 Å². The zero-order chi connectivity index (χ0) is 21.8. The van der Waals surface area contributed by atoms with Gasteiger partial charge in [0, 0.05) is 5.69 Å². The van der Waals surface area contributed by atoms with Crippen LogP contribution in [0.15, 0.2) is 66.7 Å². The highest BCUT2D eigenvalue weighted by atomic mass is 16.5. The molecule has 1 aromatic heterocycles. The van der Waals surface area contributed by atoms with E-state index in [4.69, 9.17) is 4.74 Å². The molecule has 1 heterocycles. The third-order valence-corrected chi connectivity index (χ3v) is 4.93. The number of carbonyl (C=O) groups excluding carboxylic acids is 2. The number of ether oxygens (including phenoxy) is 1. The molecule has 0 atom stereocenters. The first kappa shape index (κ1) is 20.3. The Morgan fingerprint density at radius 2 is 1.77 bits per heavy atom. The van der Waals surface area contributed by atoms with Gasteiger partial charge in [-0.15, -0.1) is 5.10 Å². The molecule has 0 saturated heterocycles. The predicted molar refractivity (Wildman–Crippen MR) is 118 cm³/mol. The molecule has 0 spiro atoms. The smallest absolute Gasteiger partial charge is 0.338 e. The molecular weight excluding hydrogens is 392 g/mol. The SMILES string of the molecule is Cc1ccc(NC(=O)COC(=O)c2ccc(Cn3nnc4ccccc43)cc2)c(C)c1.